The summed E-state index contributed by atoms with van der Waals surface area (Å²) in [5.74, 6) is -0.0242. The van der Waals surface area contributed by atoms with Gasteiger partial charge in [0.05, 0.1) is 0 Å². The van der Waals surface area contributed by atoms with Crippen LogP contribution in [0.2, 0.25) is 0 Å². The van der Waals surface area contributed by atoms with E-state index in [1.54, 1.807) is 22.8 Å². The molecule has 1 N–H and O–H groups in total. The number of amides is 1. The Labute approximate surface area is 180 Å². The molecule has 4 aromatic rings. The monoisotopic (exact) mass is 418 g/mol. The Bertz CT molecular complexity index is 1270. The Hall–Kier alpha value is -2.92. The van der Waals surface area contributed by atoms with E-state index in [0.717, 1.165) is 29.0 Å². The number of pyridine rings is 1. The lowest BCUT2D eigenvalue weighted by Crippen LogP contribution is -2.22. The third-order valence-corrected chi connectivity index (χ3v) is 6.66. The maximum atomic E-state index is 13.0. The quantitative estimate of drug-likeness (QED) is 0.475. The Balaban J connectivity index is 1.90. The highest BCUT2D eigenvalue weighted by molar-refractivity contribution is 7.19. The summed E-state index contributed by atoms with van der Waals surface area (Å²) in [4.78, 5) is 25.7. The van der Waals surface area contributed by atoms with E-state index in [0.29, 0.717) is 6.54 Å². The van der Waals surface area contributed by atoms with Gasteiger partial charge in [0, 0.05) is 52.5 Å². The second-order valence-corrected chi connectivity index (χ2v) is 9.06. The topological polar surface area (TPSA) is 51.1 Å². The molecule has 2 heterocycles. The van der Waals surface area contributed by atoms with Crippen molar-refractivity contribution >= 4 is 38.1 Å². The van der Waals surface area contributed by atoms with E-state index in [2.05, 4.69) is 41.7 Å². The molecule has 0 saturated heterocycles. The second-order valence-electron chi connectivity index (χ2n) is 7.92. The van der Waals surface area contributed by atoms with Crippen molar-refractivity contribution in [3.8, 4) is 0 Å². The van der Waals surface area contributed by atoms with Gasteiger partial charge in [0.15, 0.2) is 0 Å². The van der Waals surface area contributed by atoms with Crippen molar-refractivity contribution in [2.24, 2.45) is 0 Å². The summed E-state index contributed by atoms with van der Waals surface area (Å²) in [6, 6.07) is 16.6. The SMILES string of the molecule is CC(=O)NCCc1c(Cc2ccccc2)sc2ccc3c(=O)n(C(C)C)ccc3c12. The average molecular weight is 419 g/mol. The van der Waals surface area contributed by atoms with Gasteiger partial charge < -0.3 is 9.88 Å². The molecule has 2 aromatic heterocycles. The molecule has 0 atom stereocenters. The third-order valence-electron chi connectivity index (χ3n) is 5.46. The maximum Gasteiger partial charge on any atom is 0.258 e. The minimum atomic E-state index is -0.0242. The standard InChI is InChI=1S/C25H26N2O2S/c1-16(2)27-14-12-19-20(25(27)29)9-10-22-24(19)21(11-13-26-17(3)28)23(30-22)15-18-7-5-4-6-8-18/h4-10,12,14,16H,11,13,15H2,1-3H3,(H,26,28). The molecule has 5 heteroatoms. The molecule has 4 rings (SSSR count). The minimum absolute atomic E-state index is 0.0242. The summed E-state index contributed by atoms with van der Waals surface area (Å²) >= 11 is 1.79. The lowest BCUT2D eigenvalue weighted by Gasteiger charge is -2.12. The average Bonchev–Trinajstić information content (AvgIpc) is 3.06. The molecule has 1 amide bonds. The molecule has 154 valence electrons. The van der Waals surface area contributed by atoms with E-state index in [1.165, 1.54) is 20.7 Å². The zero-order chi connectivity index (χ0) is 21.3. The molecule has 0 aliphatic carbocycles. The van der Waals surface area contributed by atoms with Crippen molar-refractivity contribution in [1.29, 1.82) is 0 Å². The molecule has 4 nitrogen and oxygen atoms in total. The van der Waals surface area contributed by atoms with E-state index in [-0.39, 0.29) is 17.5 Å². The summed E-state index contributed by atoms with van der Waals surface area (Å²) in [5.41, 5.74) is 2.55. The lowest BCUT2D eigenvalue weighted by atomic mass is 9.99. The van der Waals surface area contributed by atoms with E-state index >= 15 is 0 Å². The predicted molar refractivity (Wildman–Crippen MR) is 126 cm³/mol. The van der Waals surface area contributed by atoms with Crippen molar-refractivity contribution in [1.82, 2.24) is 9.88 Å². The lowest BCUT2D eigenvalue weighted by molar-refractivity contribution is -0.118. The van der Waals surface area contributed by atoms with Gasteiger partial charge in [-0.1, -0.05) is 30.3 Å². The first kappa shape index (κ1) is 20.4. The van der Waals surface area contributed by atoms with Gasteiger partial charge in [0.25, 0.3) is 5.56 Å². The number of carbonyl (C=O) groups excluding carboxylic acids is 1. The van der Waals surface area contributed by atoms with Crippen LogP contribution in [0.5, 0.6) is 0 Å². The van der Waals surface area contributed by atoms with E-state index < -0.39 is 0 Å². The highest BCUT2D eigenvalue weighted by Crippen LogP contribution is 2.37. The van der Waals surface area contributed by atoms with Gasteiger partial charge in [-0.2, -0.15) is 0 Å². The van der Waals surface area contributed by atoms with Crippen LogP contribution in [-0.2, 0) is 17.6 Å². The number of benzene rings is 2. The van der Waals surface area contributed by atoms with Crippen molar-refractivity contribution in [2.45, 2.75) is 39.7 Å². The molecule has 0 saturated carbocycles. The molecule has 0 spiro atoms. The van der Waals surface area contributed by atoms with Crippen LogP contribution in [0.3, 0.4) is 0 Å². The molecule has 30 heavy (non-hydrogen) atoms. The number of rotatable bonds is 6. The minimum Gasteiger partial charge on any atom is -0.356 e. The zero-order valence-corrected chi connectivity index (χ0v) is 18.4. The van der Waals surface area contributed by atoms with Crippen molar-refractivity contribution in [3.63, 3.8) is 0 Å². The maximum absolute atomic E-state index is 13.0. The van der Waals surface area contributed by atoms with Gasteiger partial charge in [0.1, 0.15) is 0 Å². The largest absolute Gasteiger partial charge is 0.356 e. The molecule has 2 aromatic carbocycles. The van der Waals surface area contributed by atoms with Crippen molar-refractivity contribution in [2.75, 3.05) is 6.54 Å². The summed E-state index contributed by atoms with van der Waals surface area (Å²) < 4.78 is 2.97. The van der Waals surface area contributed by atoms with Crippen LogP contribution < -0.4 is 10.9 Å². The Morgan fingerprint density at radius 1 is 1.07 bits per heavy atom. The van der Waals surface area contributed by atoms with Gasteiger partial charge in [-0.15, -0.1) is 11.3 Å². The first-order valence-electron chi connectivity index (χ1n) is 10.3. The van der Waals surface area contributed by atoms with Crippen molar-refractivity contribution < 1.29 is 4.79 Å². The Morgan fingerprint density at radius 3 is 2.53 bits per heavy atom. The fourth-order valence-corrected chi connectivity index (χ4v) is 5.31. The van der Waals surface area contributed by atoms with Crippen molar-refractivity contribution in [3.05, 3.63) is 81.1 Å². The van der Waals surface area contributed by atoms with Crippen LogP contribution in [0, 0.1) is 0 Å². The molecule has 0 fully saturated rings. The fraction of sp³-hybridized carbons (Fsp3) is 0.280. The van der Waals surface area contributed by atoms with E-state index in [4.69, 9.17) is 0 Å². The number of nitrogens with one attached hydrogen (secondary N) is 1. The number of hydrogen-bond acceptors (Lipinski definition) is 3. The highest BCUT2D eigenvalue weighted by atomic mass is 32.1. The molecule has 0 radical (unpaired) electrons. The number of aromatic nitrogens is 1. The number of hydrogen-bond donors (Lipinski definition) is 1. The molecule has 0 unspecified atom stereocenters. The molecular weight excluding hydrogens is 392 g/mol. The van der Waals surface area contributed by atoms with E-state index in [1.807, 2.05) is 32.2 Å². The van der Waals surface area contributed by atoms with Crippen LogP contribution in [0.25, 0.3) is 20.9 Å². The normalized spacial score (nSPS) is 11.5. The predicted octanol–water partition coefficient (Wildman–Crippen LogP) is 5.07. The molecule has 0 bridgehead atoms. The number of thiophene rings is 1. The molecule has 0 aliphatic rings. The third kappa shape index (κ3) is 3.90. The van der Waals surface area contributed by atoms with Crippen LogP contribution in [-0.4, -0.2) is 17.0 Å². The summed E-state index contributed by atoms with van der Waals surface area (Å²) in [6.07, 6.45) is 3.50. The number of nitrogens with zero attached hydrogens (tertiary/aromatic N) is 1. The Morgan fingerprint density at radius 2 is 1.83 bits per heavy atom. The van der Waals surface area contributed by atoms with Crippen LogP contribution in [0.4, 0.5) is 0 Å². The van der Waals surface area contributed by atoms with Gasteiger partial charge in [-0.05, 0) is 55.0 Å². The first-order chi connectivity index (χ1) is 14.5. The van der Waals surface area contributed by atoms with Crippen LogP contribution in [0.15, 0.2) is 59.5 Å². The van der Waals surface area contributed by atoms with Gasteiger partial charge in [0.2, 0.25) is 5.91 Å². The number of carbonyl (C=O) groups is 1. The van der Waals surface area contributed by atoms with Crippen LogP contribution in [0.1, 0.15) is 42.8 Å². The van der Waals surface area contributed by atoms with Gasteiger partial charge in [-0.25, -0.2) is 0 Å². The van der Waals surface area contributed by atoms with Crippen LogP contribution >= 0.6 is 11.3 Å². The highest BCUT2D eigenvalue weighted by Gasteiger charge is 2.17. The molecular formula is C25H26N2O2S. The summed E-state index contributed by atoms with van der Waals surface area (Å²) in [5, 5.41) is 5.83. The summed E-state index contributed by atoms with van der Waals surface area (Å²) in [7, 11) is 0. The smallest absolute Gasteiger partial charge is 0.258 e. The first-order valence-corrected chi connectivity index (χ1v) is 11.1. The Kier molecular flexibility index (Phi) is 5.73. The zero-order valence-electron chi connectivity index (χ0n) is 17.6. The van der Waals surface area contributed by atoms with Gasteiger partial charge in [-0.3, -0.25) is 9.59 Å². The fourth-order valence-electron chi connectivity index (χ4n) is 4.01. The molecule has 0 aliphatic heterocycles. The summed E-state index contributed by atoms with van der Waals surface area (Å²) in [6.45, 7) is 6.17. The van der Waals surface area contributed by atoms with Gasteiger partial charge >= 0.3 is 0 Å². The number of fused-ring (bicyclic) bond motifs is 3. The second kappa shape index (κ2) is 8.44. The van der Waals surface area contributed by atoms with E-state index in [9.17, 15) is 9.59 Å².